The SMILES string of the molecule is CCCOc1ccc(OCC(=O)N(CCN(C)C)CC(=O)OC(C)(C)C)cc1. The summed E-state index contributed by atoms with van der Waals surface area (Å²) < 4.78 is 16.4. The largest absolute Gasteiger partial charge is 0.494 e. The highest BCUT2D eigenvalue weighted by Gasteiger charge is 2.22. The van der Waals surface area contributed by atoms with Crippen LogP contribution in [-0.2, 0) is 14.3 Å². The van der Waals surface area contributed by atoms with Crippen LogP contribution in [0.15, 0.2) is 24.3 Å². The fraction of sp³-hybridized carbons (Fsp3) is 0.619. The Kier molecular flexibility index (Phi) is 9.79. The molecule has 1 aromatic rings. The molecule has 0 fully saturated rings. The molecule has 1 aromatic carbocycles. The van der Waals surface area contributed by atoms with Crippen molar-refractivity contribution in [3.8, 4) is 11.5 Å². The summed E-state index contributed by atoms with van der Waals surface area (Å²) in [5.74, 6) is 0.635. The number of carbonyl (C=O) groups excluding carboxylic acids is 2. The second-order valence-electron chi connectivity index (χ2n) is 7.81. The van der Waals surface area contributed by atoms with Crippen molar-refractivity contribution in [3.63, 3.8) is 0 Å². The fourth-order valence-corrected chi connectivity index (χ4v) is 2.23. The lowest BCUT2D eigenvalue weighted by Crippen LogP contribution is -2.43. The van der Waals surface area contributed by atoms with Crippen molar-refractivity contribution in [2.45, 2.75) is 39.7 Å². The van der Waals surface area contributed by atoms with Crippen LogP contribution < -0.4 is 9.47 Å². The van der Waals surface area contributed by atoms with E-state index < -0.39 is 11.6 Å². The molecule has 7 nitrogen and oxygen atoms in total. The summed E-state index contributed by atoms with van der Waals surface area (Å²) in [6, 6.07) is 7.13. The Morgan fingerprint density at radius 1 is 0.964 bits per heavy atom. The third kappa shape index (κ3) is 10.2. The van der Waals surface area contributed by atoms with E-state index in [1.54, 1.807) is 45.0 Å². The van der Waals surface area contributed by atoms with Crippen LogP contribution in [0.5, 0.6) is 11.5 Å². The van der Waals surface area contributed by atoms with Crippen LogP contribution in [0.25, 0.3) is 0 Å². The van der Waals surface area contributed by atoms with Crippen LogP contribution in [0.2, 0.25) is 0 Å². The quantitative estimate of drug-likeness (QED) is 0.538. The van der Waals surface area contributed by atoms with E-state index in [2.05, 4.69) is 0 Å². The van der Waals surface area contributed by atoms with Gasteiger partial charge in [0.25, 0.3) is 5.91 Å². The molecule has 158 valence electrons. The lowest BCUT2D eigenvalue weighted by Gasteiger charge is -2.26. The molecule has 7 heteroatoms. The van der Waals surface area contributed by atoms with Gasteiger partial charge in [-0.3, -0.25) is 9.59 Å². The fourth-order valence-electron chi connectivity index (χ4n) is 2.23. The van der Waals surface area contributed by atoms with Gasteiger partial charge >= 0.3 is 5.97 Å². The van der Waals surface area contributed by atoms with Crippen LogP contribution in [0, 0.1) is 0 Å². The normalized spacial score (nSPS) is 11.2. The summed E-state index contributed by atoms with van der Waals surface area (Å²) in [7, 11) is 3.82. The van der Waals surface area contributed by atoms with Gasteiger partial charge in [0.05, 0.1) is 6.61 Å². The second kappa shape index (κ2) is 11.5. The maximum Gasteiger partial charge on any atom is 0.326 e. The van der Waals surface area contributed by atoms with E-state index >= 15 is 0 Å². The molecule has 0 atom stereocenters. The summed E-state index contributed by atoms with van der Waals surface area (Å²) in [4.78, 5) is 28.1. The van der Waals surface area contributed by atoms with E-state index in [0.717, 1.165) is 12.2 Å². The molecular weight excluding hydrogens is 360 g/mol. The highest BCUT2D eigenvalue weighted by molar-refractivity contribution is 5.83. The maximum absolute atomic E-state index is 12.6. The Balaban J connectivity index is 2.63. The van der Waals surface area contributed by atoms with Gasteiger partial charge in [0, 0.05) is 13.1 Å². The van der Waals surface area contributed by atoms with Crippen molar-refractivity contribution in [1.82, 2.24) is 9.80 Å². The summed E-state index contributed by atoms with van der Waals surface area (Å²) in [6.07, 6.45) is 0.938. The number of amides is 1. The number of hydrogen-bond acceptors (Lipinski definition) is 6. The predicted octanol–water partition coefficient (Wildman–Crippen LogP) is 2.59. The number of esters is 1. The smallest absolute Gasteiger partial charge is 0.326 e. The molecule has 0 saturated carbocycles. The molecule has 0 saturated heterocycles. The van der Waals surface area contributed by atoms with Crippen LogP contribution in [0.4, 0.5) is 0 Å². The van der Waals surface area contributed by atoms with Crippen molar-refractivity contribution in [2.75, 3.05) is 46.9 Å². The van der Waals surface area contributed by atoms with E-state index in [1.807, 2.05) is 25.9 Å². The van der Waals surface area contributed by atoms with Crippen molar-refractivity contribution >= 4 is 11.9 Å². The Morgan fingerprint density at radius 2 is 1.54 bits per heavy atom. The zero-order valence-electron chi connectivity index (χ0n) is 18.0. The first-order valence-electron chi connectivity index (χ1n) is 9.60. The molecule has 0 spiro atoms. The Morgan fingerprint density at radius 3 is 2.04 bits per heavy atom. The molecule has 1 rings (SSSR count). The van der Waals surface area contributed by atoms with Gasteiger partial charge in [-0.25, -0.2) is 0 Å². The average molecular weight is 395 g/mol. The topological polar surface area (TPSA) is 68.3 Å². The first kappa shape index (κ1) is 23.8. The first-order valence-corrected chi connectivity index (χ1v) is 9.60. The number of benzene rings is 1. The van der Waals surface area contributed by atoms with E-state index in [4.69, 9.17) is 14.2 Å². The minimum absolute atomic E-state index is 0.100. The van der Waals surface area contributed by atoms with Crippen molar-refractivity contribution in [3.05, 3.63) is 24.3 Å². The minimum atomic E-state index is -0.592. The maximum atomic E-state index is 12.6. The van der Waals surface area contributed by atoms with Crippen molar-refractivity contribution in [1.29, 1.82) is 0 Å². The average Bonchev–Trinajstić information content (AvgIpc) is 2.60. The highest BCUT2D eigenvalue weighted by atomic mass is 16.6. The number of rotatable bonds is 11. The minimum Gasteiger partial charge on any atom is -0.494 e. The zero-order valence-corrected chi connectivity index (χ0v) is 18.0. The summed E-state index contributed by atoms with van der Waals surface area (Å²) in [5.41, 5.74) is -0.592. The van der Waals surface area contributed by atoms with Crippen molar-refractivity contribution < 1.29 is 23.8 Å². The second-order valence-corrected chi connectivity index (χ2v) is 7.81. The van der Waals surface area contributed by atoms with Gasteiger partial charge in [-0.15, -0.1) is 0 Å². The van der Waals surface area contributed by atoms with Crippen molar-refractivity contribution in [2.24, 2.45) is 0 Å². The molecule has 28 heavy (non-hydrogen) atoms. The molecule has 0 bridgehead atoms. The zero-order chi connectivity index (χ0) is 21.2. The third-order valence-electron chi connectivity index (χ3n) is 3.57. The van der Waals surface area contributed by atoms with Gasteiger partial charge in [-0.05, 0) is 65.6 Å². The third-order valence-corrected chi connectivity index (χ3v) is 3.57. The van der Waals surface area contributed by atoms with Gasteiger partial charge in [0.15, 0.2) is 6.61 Å². The van der Waals surface area contributed by atoms with E-state index in [1.165, 1.54) is 4.90 Å². The van der Waals surface area contributed by atoms with Gasteiger partial charge in [0.2, 0.25) is 0 Å². The number of likely N-dealkylation sites (N-methyl/N-ethyl adjacent to an activating group) is 1. The number of carbonyl (C=O) groups is 2. The van der Waals surface area contributed by atoms with Crippen LogP contribution >= 0.6 is 0 Å². The van der Waals surface area contributed by atoms with Crippen LogP contribution in [0.3, 0.4) is 0 Å². The monoisotopic (exact) mass is 394 g/mol. The molecule has 0 aliphatic carbocycles. The molecule has 0 heterocycles. The van der Waals surface area contributed by atoms with Gasteiger partial charge in [-0.2, -0.15) is 0 Å². The lowest BCUT2D eigenvalue weighted by molar-refractivity contribution is -0.159. The Bertz CT molecular complexity index is 608. The summed E-state index contributed by atoms with van der Waals surface area (Å²) in [5, 5.41) is 0. The summed E-state index contributed by atoms with van der Waals surface area (Å²) in [6.45, 7) is 8.90. The molecular formula is C21H34N2O5. The standard InChI is InChI=1S/C21H34N2O5/c1-7-14-26-17-8-10-18(11-9-17)27-16-19(24)23(13-12-22(5)6)15-20(25)28-21(2,3)4/h8-11H,7,12-16H2,1-6H3. The van der Waals surface area contributed by atoms with E-state index in [9.17, 15) is 9.59 Å². The Labute approximate surface area is 168 Å². The highest BCUT2D eigenvalue weighted by Crippen LogP contribution is 2.18. The number of hydrogen-bond donors (Lipinski definition) is 0. The number of ether oxygens (including phenoxy) is 3. The predicted molar refractivity (Wildman–Crippen MR) is 109 cm³/mol. The molecule has 0 radical (unpaired) electrons. The summed E-state index contributed by atoms with van der Waals surface area (Å²) >= 11 is 0. The molecule has 1 amide bonds. The Hall–Kier alpha value is -2.28. The van der Waals surface area contributed by atoms with E-state index in [0.29, 0.717) is 25.4 Å². The van der Waals surface area contributed by atoms with Gasteiger partial charge < -0.3 is 24.0 Å². The molecule has 0 N–H and O–H groups in total. The van der Waals surface area contributed by atoms with E-state index in [-0.39, 0.29) is 19.1 Å². The van der Waals surface area contributed by atoms with Gasteiger partial charge in [-0.1, -0.05) is 6.92 Å². The lowest BCUT2D eigenvalue weighted by atomic mass is 10.2. The first-order chi connectivity index (χ1) is 13.1. The molecule has 0 aliphatic heterocycles. The van der Waals surface area contributed by atoms with Gasteiger partial charge in [0.1, 0.15) is 23.6 Å². The molecule has 0 unspecified atom stereocenters. The molecule has 0 aliphatic rings. The molecule has 0 aromatic heterocycles. The van der Waals surface area contributed by atoms with Crippen LogP contribution in [-0.4, -0.2) is 74.2 Å². The number of nitrogens with zero attached hydrogens (tertiary/aromatic N) is 2. The van der Waals surface area contributed by atoms with Crippen LogP contribution in [0.1, 0.15) is 34.1 Å².